The Hall–Kier alpha value is -0.900. The van der Waals surface area contributed by atoms with E-state index in [1.165, 1.54) is 0 Å². The van der Waals surface area contributed by atoms with E-state index in [1.807, 2.05) is 11.9 Å². The average Bonchev–Trinajstić information content (AvgIpc) is 2.06. The third kappa shape index (κ3) is 0.790. The van der Waals surface area contributed by atoms with E-state index in [0.29, 0.717) is 6.42 Å². The molecule has 0 unspecified atom stereocenters. The van der Waals surface area contributed by atoms with Crippen molar-refractivity contribution in [2.45, 2.75) is 6.42 Å². The summed E-state index contributed by atoms with van der Waals surface area (Å²) in [5.74, 6) is -0.205. The van der Waals surface area contributed by atoms with Crippen LogP contribution in [0.4, 0.5) is 0 Å². The summed E-state index contributed by atoms with van der Waals surface area (Å²) in [5.41, 5.74) is -0.355. The second-order valence-electron chi connectivity index (χ2n) is 3.51. The molecule has 4 nitrogen and oxygen atoms in total. The summed E-state index contributed by atoms with van der Waals surface area (Å²) in [6.45, 7) is 1.45. The molecule has 2 saturated heterocycles. The highest BCUT2D eigenvalue weighted by atomic mass is 16.2. The third-order valence-electron chi connectivity index (χ3n) is 2.38. The number of hydrogen-bond acceptors (Lipinski definition) is 3. The van der Waals surface area contributed by atoms with Gasteiger partial charge in [-0.05, 0) is 7.05 Å². The van der Waals surface area contributed by atoms with Crippen LogP contribution in [0.5, 0.6) is 0 Å². The number of carbonyl (C=O) groups excluding carboxylic acids is 2. The van der Waals surface area contributed by atoms with Gasteiger partial charge in [0.15, 0.2) is 0 Å². The van der Waals surface area contributed by atoms with Crippen molar-refractivity contribution in [3.63, 3.8) is 0 Å². The molecule has 1 N–H and O–H groups in total. The van der Waals surface area contributed by atoms with Crippen LogP contribution >= 0.6 is 0 Å². The van der Waals surface area contributed by atoms with Crippen molar-refractivity contribution in [3.05, 3.63) is 0 Å². The van der Waals surface area contributed by atoms with Crippen LogP contribution in [0.15, 0.2) is 0 Å². The third-order valence-corrected chi connectivity index (χ3v) is 2.38. The number of carbonyl (C=O) groups is 2. The molecule has 0 atom stereocenters. The van der Waals surface area contributed by atoms with Gasteiger partial charge in [-0.2, -0.15) is 0 Å². The molecule has 0 aromatic rings. The Morgan fingerprint density at radius 1 is 1.45 bits per heavy atom. The molecular weight excluding hydrogens is 144 g/mol. The Balaban J connectivity index is 2.16. The van der Waals surface area contributed by atoms with Crippen LogP contribution in [0.3, 0.4) is 0 Å². The zero-order chi connectivity index (χ0) is 8.06. The molecule has 0 radical (unpaired) electrons. The molecule has 0 aromatic carbocycles. The van der Waals surface area contributed by atoms with Crippen LogP contribution in [0.1, 0.15) is 6.42 Å². The van der Waals surface area contributed by atoms with Gasteiger partial charge in [0.25, 0.3) is 0 Å². The summed E-state index contributed by atoms with van der Waals surface area (Å²) in [5, 5.41) is 2.33. The fourth-order valence-electron chi connectivity index (χ4n) is 1.93. The highest BCUT2D eigenvalue weighted by Gasteiger charge is 2.53. The lowest BCUT2D eigenvalue weighted by Crippen LogP contribution is -2.57. The van der Waals surface area contributed by atoms with Gasteiger partial charge in [-0.1, -0.05) is 0 Å². The number of likely N-dealkylation sites (tertiary alicyclic amines) is 1. The van der Waals surface area contributed by atoms with Crippen LogP contribution in [0.2, 0.25) is 0 Å². The van der Waals surface area contributed by atoms with E-state index in [0.717, 1.165) is 13.1 Å². The smallest absolute Gasteiger partial charge is 0.235 e. The molecule has 2 aliphatic rings. The molecule has 2 heterocycles. The summed E-state index contributed by atoms with van der Waals surface area (Å²) >= 11 is 0. The number of rotatable bonds is 0. The number of hydrogen-bond donors (Lipinski definition) is 1. The lowest BCUT2D eigenvalue weighted by molar-refractivity contribution is -0.135. The van der Waals surface area contributed by atoms with E-state index in [-0.39, 0.29) is 17.2 Å². The molecule has 0 saturated carbocycles. The van der Waals surface area contributed by atoms with Crippen LogP contribution < -0.4 is 5.32 Å². The standard InChI is InChI=1S/C7H10N2O2/c1-9-3-7(4-9)2-5(10)8-6(7)11/h2-4H2,1H3,(H,8,10,11). The maximum atomic E-state index is 11.2. The van der Waals surface area contributed by atoms with Crippen molar-refractivity contribution >= 4 is 11.8 Å². The molecule has 11 heavy (non-hydrogen) atoms. The Morgan fingerprint density at radius 3 is 2.45 bits per heavy atom. The fraction of sp³-hybridized carbons (Fsp3) is 0.714. The first-order valence-corrected chi connectivity index (χ1v) is 3.65. The predicted molar refractivity (Wildman–Crippen MR) is 37.7 cm³/mol. The van der Waals surface area contributed by atoms with E-state index in [9.17, 15) is 9.59 Å². The first-order valence-electron chi connectivity index (χ1n) is 3.65. The fourth-order valence-corrected chi connectivity index (χ4v) is 1.93. The van der Waals surface area contributed by atoms with Gasteiger partial charge < -0.3 is 4.90 Å². The normalized spacial score (nSPS) is 28.8. The quantitative estimate of drug-likeness (QED) is 0.454. The van der Waals surface area contributed by atoms with E-state index < -0.39 is 0 Å². The van der Waals surface area contributed by atoms with E-state index >= 15 is 0 Å². The molecule has 1 spiro atoms. The monoisotopic (exact) mass is 154 g/mol. The summed E-state index contributed by atoms with van der Waals surface area (Å²) < 4.78 is 0. The molecule has 0 aromatic heterocycles. The van der Waals surface area contributed by atoms with Gasteiger partial charge in [0.05, 0.1) is 5.41 Å². The van der Waals surface area contributed by atoms with Crippen molar-refractivity contribution in [1.29, 1.82) is 0 Å². The summed E-state index contributed by atoms with van der Waals surface area (Å²) in [4.78, 5) is 24.0. The SMILES string of the molecule is CN1CC2(CC(=O)NC2=O)C1. The van der Waals surface area contributed by atoms with Crippen molar-refractivity contribution < 1.29 is 9.59 Å². The molecule has 2 aliphatic heterocycles. The Labute approximate surface area is 64.5 Å². The molecule has 2 amide bonds. The van der Waals surface area contributed by atoms with Crippen LogP contribution in [0, 0.1) is 5.41 Å². The zero-order valence-corrected chi connectivity index (χ0v) is 6.39. The predicted octanol–water partition coefficient (Wildman–Crippen LogP) is -1.04. The van der Waals surface area contributed by atoms with Crippen LogP contribution in [-0.4, -0.2) is 36.9 Å². The average molecular weight is 154 g/mol. The minimum atomic E-state index is -0.355. The number of nitrogens with zero attached hydrogens (tertiary/aromatic N) is 1. The van der Waals surface area contributed by atoms with Gasteiger partial charge in [-0.25, -0.2) is 0 Å². The maximum Gasteiger partial charge on any atom is 0.235 e. The molecular formula is C7H10N2O2. The van der Waals surface area contributed by atoms with Crippen molar-refractivity contribution in [3.8, 4) is 0 Å². The van der Waals surface area contributed by atoms with Gasteiger partial charge in [0.1, 0.15) is 0 Å². The molecule has 2 rings (SSSR count). The molecule has 2 fully saturated rings. The second kappa shape index (κ2) is 1.82. The lowest BCUT2D eigenvalue weighted by Gasteiger charge is -2.42. The van der Waals surface area contributed by atoms with E-state index in [4.69, 9.17) is 0 Å². The Bertz CT molecular complexity index is 231. The molecule has 60 valence electrons. The van der Waals surface area contributed by atoms with Crippen LogP contribution in [0.25, 0.3) is 0 Å². The maximum absolute atomic E-state index is 11.2. The lowest BCUT2D eigenvalue weighted by atomic mass is 9.79. The van der Waals surface area contributed by atoms with Gasteiger partial charge in [-0.3, -0.25) is 14.9 Å². The minimum Gasteiger partial charge on any atom is -0.304 e. The van der Waals surface area contributed by atoms with Gasteiger partial charge in [0.2, 0.25) is 11.8 Å². The minimum absolute atomic E-state index is 0.0828. The number of nitrogens with one attached hydrogen (secondary N) is 1. The van der Waals surface area contributed by atoms with Gasteiger partial charge in [-0.15, -0.1) is 0 Å². The summed E-state index contributed by atoms with van der Waals surface area (Å²) in [6, 6.07) is 0. The first kappa shape index (κ1) is 6.79. The highest BCUT2D eigenvalue weighted by Crippen LogP contribution is 2.36. The first-order chi connectivity index (χ1) is 5.12. The van der Waals surface area contributed by atoms with Gasteiger partial charge >= 0.3 is 0 Å². The largest absolute Gasteiger partial charge is 0.304 e. The van der Waals surface area contributed by atoms with Crippen molar-refractivity contribution in [2.75, 3.05) is 20.1 Å². The highest BCUT2D eigenvalue weighted by molar-refractivity contribution is 6.06. The Kier molecular flexibility index (Phi) is 1.12. The number of imide groups is 1. The zero-order valence-electron chi connectivity index (χ0n) is 6.39. The molecule has 4 heteroatoms. The van der Waals surface area contributed by atoms with Crippen LogP contribution in [-0.2, 0) is 9.59 Å². The van der Waals surface area contributed by atoms with E-state index in [1.54, 1.807) is 0 Å². The summed E-state index contributed by atoms with van der Waals surface area (Å²) in [6.07, 6.45) is 0.385. The molecule has 0 aliphatic carbocycles. The summed E-state index contributed by atoms with van der Waals surface area (Å²) in [7, 11) is 1.95. The van der Waals surface area contributed by atoms with Crippen molar-refractivity contribution in [1.82, 2.24) is 10.2 Å². The van der Waals surface area contributed by atoms with E-state index in [2.05, 4.69) is 5.32 Å². The molecule has 0 bridgehead atoms. The Morgan fingerprint density at radius 2 is 2.09 bits per heavy atom. The van der Waals surface area contributed by atoms with Gasteiger partial charge in [0, 0.05) is 19.5 Å². The number of amides is 2. The van der Waals surface area contributed by atoms with Crippen molar-refractivity contribution in [2.24, 2.45) is 5.41 Å². The second-order valence-corrected chi connectivity index (χ2v) is 3.51. The topological polar surface area (TPSA) is 49.4 Å².